The molecule has 1 aromatic rings. The highest BCUT2D eigenvalue weighted by atomic mass is 35.5. The maximum absolute atomic E-state index is 12.2. The zero-order valence-electron chi connectivity index (χ0n) is 11.1. The molecule has 1 amide bonds. The lowest BCUT2D eigenvalue weighted by atomic mass is 9.92. The highest BCUT2D eigenvalue weighted by Gasteiger charge is 2.27. The number of nitro benzene ring substituents is 1. The number of amides is 1. The molecule has 20 heavy (non-hydrogen) atoms. The molecule has 1 fully saturated rings. The molecule has 0 aromatic heterocycles. The monoisotopic (exact) mass is 297 g/mol. The van der Waals surface area contributed by atoms with E-state index in [4.69, 9.17) is 11.6 Å². The summed E-state index contributed by atoms with van der Waals surface area (Å²) in [7, 11) is 0. The van der Waals surface area contributed by atoms with Crippen LogP contribution in [-0.4, -0.2) is 23.4 Å². The zero-order valence-corrected chi connectivity index (χ0v) is 11.8. The molecule has 0 saturated carbocycles. The molecule has 1 aromatic carbocycles. The van der Waals surface area contributed by atoms with Crippen molar-refractivity contribution in [3.05, 3.63) is 33.3 Å². The number of halogens is 1. The Labute approximate surface area is 121 Å². The molecule has 7 heteroatoms. The van der Waals surface area contributed by atoms with Crippen LogP contribution in [0.1, 0.15) is 19.8 Å². The quantitative estimate of drug-likeness (QED) is 0.663. The number of hydrogen-bond acceptors (Lipinski definition) is 4. The average molecular weight is 298 g/mol. The van der Waals surface area contributed by atoms with Gasteiger partial charge in [0.2, 0.25) is 5.91 Å². The number of anilines is 1. The van der Waals surface area contributed by atoms with Gasteiger partial charge in [-0.25, -0.2) is 0 Å². The molecule has 1 aliphatic heterocycles. The predicted octanol–water partition coefficient (Wildman–Crippen LogP) is 2.57. The van der Waals surface area contributed by atoms with E-state index in [1.807, 2.05) is 6.92 Å². The number of nitro groups is 1. The molecule has 2 unspecified atom stereocenters. The van der Waals surface area contributed by atoms with E-state index in [2.05, 4.69) is 10.6 Å². The number of rotatable bonds is 3. The van der Waals surface area contributed by atoms with Gasteiger partial charge in [-0.3, -0.25) is 14.9 Å². The van der Waals surface area contributed by atoms with Crippen molar-refractivity contribution in [2.75, 3.05) is 11.9 Å². The normalized spacial score (nSPS) is 22.3. The first kappa shape index (κ1) is 14.7. The van der Waals surface area contributed by atoms with E-state index in [1.165, 1.54) is 12.1 Å². The Morgan fingerprint density at radius 1 is 1.55 bits per heavy atom. The number of hydrogen-bond donors (Lipinski definition) is 2. The molecule has 2 atom stereocenters. The number of nitrogens with zero attached hydrogens (tertiary/aromatic N) is 1. The Bertz CT molecular complexity index is 536. The maximum atomic E-state index is 12.2. The topological polar surface area (TPSA) is 84.3 Å². The summed E-state index contributed by atoms with van der Waals surface area (Å²) in [5, 5.41) is 16.7. The minimum absolute atomic E-state index is 0.0529. The Morgan fingerprint density at radius 2 is 2.30 bits per heavy atom. The van der Waals surface area contributed by atoms with Crippen molar-refractivity contribution in [2.24, 2.45) is 5.92 Å². The van der Waals surface area contributed by atoms with Gasteiger partial charge in [0.1, 0.15) is 5.02 Å². The molecule has 1 saturated heterocycles. The van der Waals surface area contributed by atoms with Gasteiger partial charge < -0.3 is 10.6 Å². The first-order valence-corrected chi connectivity index (χ1v) is 6.85. The largest absolute Gasteiger partial charge is 0.324 e. The van der Waals surface area contributed by atoms with Gasteiger partial charge in [-0.2, -0.15) is 0 Å². The Balaban J connectivity index is 2.11. The number of carbonyl (C=O) groups is 1. The van der Waals surface area contributed by atoms with E-state index >= 15 is 0 Å². The second-order valence-corrected chi connectivity index (χ2v) is 5.37. The molecule has 0 radical (unpaired) electrons. The predicted molar refractivity (Wildman–Crippen MR) is 76.9 cm³/mol. The zero-order chi connectivity index (χ0) is 14.7. The van der Waals surface area contributed by atoms with E-state index in [0.29, 0.717) is 5.69 Å². The van der Waals surface area contributed by atoms with Gasteiger partial charge in [0, 0.05) is 11.8 Å². The number of benzene rings is 1. The Hall–Kier alpha value is -1.66. The number of carbonyl (C=O) groups excluding carboxylic acids is 1. The van der Waals surface area contributed by atoms with Gasteiger partial charge in [-0.15, -0.1) is 0 Å². The van der Waals surface area contributed by atoms with Crippen LogP contribution in [0.4, 0.5) is 11.4 Å². The fraction of sp³-hybridized carbons (Fsp3) is 0.462. The number of nitrogens with one attached hydrogen (secondary N) is 2. The molecule has 1 aliphatic rings. The first-order chi connectivity index (χ1) is 9.49. The molecule has 6 nitrogen and oxygen atoms in total. The van der Waals surface area contributed by atoms with Gasteiger partial charge >= 0.3 is 0 Å². The minimum atomic E-state index is -0.570. The second kappa shape index (κ2) is 6.19. The highest BCUT2D eigenvalue weighted by Crippen LogP contribution is 2.27. The van der Waals surface area contributed by atoms with Crippen molar-refractivity contribution >= 4 is 28.9 Å². The van der Waals surface area contributed by atoms with Crippen molar-refractivity contribution in [2.45, 2.75) is 25.8 Å². The Kier molecular flexibility index (Phi) is 4.57. The fourth-order valence-corrected chi connectivity index (χ4v) is 2.54. The van der Waals surface area contributed by atoms with Crippen LogP contribution in [-0.2, 0) is 4.79 Å². The first-order valence-electron chi connectivity index (χ1n) is 6.47. The summed E-state index contributed by atoms with van der Waals surface area (Å²) in [6.45, 7) is 2.82. The lowest BCUT2D eigenvalue weighted by molar-refractivity contribution is -0.384. The van der Waals surface area contributed by atoms with Gasteiger partial charge in [0.25, 0.3) is 5.69 Å². The van der Waals surface area contributed by atoms with Gasteiger partial charge in [-0.05, 0) is 37.4 Å². The van der Waals surface area contributed by atoms with Gasteiger partial charge in [-0.1, -0.05) is 18.5 Å². The molecule has 1 heterocycles. The summed E-state index contributed by atoms with van der Waals surface area (Å²) in [5.41, 5.74) is 0.166. The smallest absolute Gasteiger partial charge is 0.289 e. The van der Waals surface area contributed by atoms with Gasteiger partial charge in [0.05, 0.1) is 11.0 Å². The SMILES string of the molecule is CC1CCCNC1C(=O)Nc1ccc(Cl)c([N+](=O)[O-])c1. The van der Waals surface area contributed by atoms with Gasteiger partial charge in [0.15, 0.2) is 0 Å². The van der Waals surface area contributed by atoms with Crippen molar-refractivity contribution < 1.29 is 9.72 Å². The molecule has 108 valence electrons. The third kappa shape index (κ3) is 3.26. The van der Waals surface area contributed by atoms with Crippen LogP contribution < -0.4 is 10.6 Å². The molecule has 2 rings (SSSR count). The maximum Gasteiger partial charge on any atom is 0.289 e. The van der Waals surface area contributed by atoms with Crippen molar-refractivity contribution in [1.82, 2.24) is 5.32 Å². The van der Waals surface area contributed by atoms with E-state index in [1.54, 1.807) is 6.07 Å². The third-order valence-electron chi connectivity index (χ3n) is 3.46. The average Bonchev–Trinajstić information content (AvgIpc) is 2.41. The summed E-state index contributed by atoms with van der Waals surface area (Å²) in [5.74, 6) is 0.0693. The van der Waals surface area contributed by atoms with Crippen LogP contribution in [0.5, 0.6) is 0 Å². The molecule has 2 N–H and O–H groups in total. The second-order valence-electron chi connectivity index (χ2n) is 4.96. The summed E-state index contributed by atoms with van der Waals surface area (Å²) >= 11 is 5.73. The van der Waals surface area contributed by atoms with Crippen molar-refractivity contribution in [1.29, 1.82) is 0 Å². The van der Waals surface area contributed by atoms with Crippen LogP contribution in [0.25, 0.3) is 0 Å². The highest BCUT2D eigenvalue weighted by molar-refractivity contribution is 6.32. The third-order valence-corrected chi connectivity index (χ3v) is 3.78. The lowest BCUT2D eigenvalue weighted by Crippen LogP contribution is -2.48. The molecular weight excluding hydrogens is 282 g/mol. The van der Waals surface area contributed by atoms with Crippen LogP contribution >= 0.6 is 11.6 Å². The van der Waals surface area contributed by atoms with E-state index in [9.17, 15) is 14.9 Å². The van der Waals surface area contributed by atoms with Crippen LogP contribution in [0.3, 0.4) is 0 Å². The molecule has 0 bridgehead atoms. The molecule has 0 aliphatic carbocycles. The van der Waals surface area contributed by atoms with Crippen molar-refractivity contribution in [3.8, 4) is 0 Å². The fourth-order valence-electron chi connectivity index (χ4n) is 2.35. The minimum Gasteiger partial charge on any atom is -0.324 e. The summed E-state index contributed by atoms with van der Waals surface area (Å²) in [6, 6.07) is 3.97. The summed E-state index contributed by atoms with van der Waals surface area (Å²) in [6.07, 6.45) is 2.04. The summed E-state index contributed by atoms with van der Waals surface area (Å²) in [4.78, 5) is 22.4. The van der Waals surface area contributed by atoms with E-state index < -0.39 is 4.92 Å². The van der Waals surface area contributed by atoms with Crippen LogP contribution in [0.2, 0.25) is 5.02 Å². The van der Waals surface area contributed by atoms with Crippen LogP contribution in [0, 0.1) is 16.0 Å². The van der Waals surface area contributed by atoms with E-state index in [-0.39, 0.29) is 28.6 Å². The lowest BCUT2D eigenvalue weighted by Gasteiger charge is -2.28. The molecule has 0 spiro atoms. The Morgan fingerprint density at radius 3 is 2.95 bits per heavy atom. The van der Waals surface area contributed by atoms with E-state index in [0.717, 1.165) is 19.4 Å². The molecular formula is C13H16ClN3O3. The van der Waals surface area contributed by atoms with Crippen molar-refractivity contribution in [3.63, 3.8) is 0 Å². The standard InChI is InChI=1S/C13H16ClN3O3/c1-8-3-2-6-15-12(8)13(18)16-9-4-5-10(14)11(7-9)17(19)20/h4-5,7-8,12,15H,2-3,6H2,1H3,(H,16,18). The number of piperidine rings is 1. The summed E-state index contributed by atoms with van der Waals surface area (Å²) < 4.78 is 0. The van der Waals surface area contributed by atoms with Crippen LogP contribution in [0.15, 0.2) is 18.2 Å².